The Kier molecular flexibility index (Phi) is 5.24. The van der Waals surface area contributed by atoms with Crippen molar-refractivity contribution in [2.75, 3.05) is 7.11 Å². The van der Waals surface area contributed by atoms with E-state index in [1.807, 2.05) is 0 Å². The molecule has 130 valence electrons. The van der Waals surface area contributed by atoms with Crippen LogP contribution in [0.25, 0.3) is 5.69 Å². The van der Waals surface area contributed by atoms with Gasteiger partial charge in [0.15, 0.2) is 0 Å². The number of aromatic nitrogens is 5. The predicted octanol–water partition coefficient (Wildman–Crippen LogP) is 2.72. The number of alkyl halides is 2. The maximum Gasteiger partial charge on any atom is 0.317 e. The van der Waals surface area contributed by atoms with E-state index < -0.39 is 6.43 Å². The van der Waals surface area contributed by atoms with Crippen molar-refractivity contribution >= 4 is 0 Å². The van der Waals surface area contributed by atoms with Crippen LogP contribution in [0.2, 0.25) is 0 Å². The van der Waals surface area contributed by atoms with Gasteiger partial charge >= 0.3 is 6.01 Å². The molecular weight excluding hydrogens is 332 g/mol. The number of nitrogens with zero attached hydrogens (tertiary/aromatic N) is 5. The largest absolute Gasteiger partial charge is 0.457 e. The molecule has 9 heteroatoms. The topological polar surface area (TPSA) is 75.0 Å². The smallest absolute Gasteiger partial charge is 0.317 e. The van der Waals surface area contributed by atoms with Crippen LogP contribution in [0.5, 0.6) is 6.01 Å². The SMILES string of the molecule is COCc1ccnc(OCc2cn(-c3cccc(C(F)F)c3)nn2)n1. The predicted molar refractivity (Wildman–Crippen MR) is 83.4 cm³/mol. The number of benzene rings is 1. The molecule has 0 aliphatic rings. The molecule has 0 bridgehead atoms. The molecule has 0 fully saturated rings. The molecule has 2 heterocycles. The van der Waals surface area contributed by atoms with Gasteiger partial charge in [-0.15, -0.1) is 5.10 Å². The fraction of sp³-hybridized carbons (Fsp3) is 0.250. The van der Waals surface area contributed by atoms with Crippen LogP contribution in [0.4, 0.5) is 8.78 Å². The highest BCUT2D eigenvalue weighted by molar-refractivity contribution is 5.35. The normalized spacial score (nSPS) is 11.0. The summed E-state index contributed by atoms with van der Waals surface area (Å²) >= 11 is 0. The minimum Gasteiger partial charge on any atom is -0.457 e. The fourth-order valence-corrected chi connectivity index (χ4v) is 2.11. The first-order valence-electron chi connectivity index (χ1n) is 7.39. The van der Waals surface area contributed by atoms with Gasteiger partial charge in [-0.05, 0) is 18.2 Å². The van der Waals surface area contributed by atoms with Crippen LogP contribution in [0.1, 0.15) is 23.4 Å². The number of halogens is 2. The molecule has 0 radical (unpaired) electrons. The van der Waals surface area contributed by atoms with Crippen LogP contribution in [0.15, 0.2) is 42.7 Å². The third kappa shape index (κ3) is 4.32. The van der Waals surface area contributed by atoms with Crippen molar-refractivity contribution in [1.29, 1.82) is 0 Å². The summed E-state index contributed by atoms with van der Waals surface area (Å²) < 4.78 is 37.4. The summed E-state index contributed by atoms with van der Waals surface area (Å²) in [6.45, 7) is 0.459. The average Bonchev–Trinajstić information content (AvgIpc) is 3.10. The number of ether oxygens (including phenoxy) is 2. The molecule has 0 aliphatic heterocycles. The zero-order valence-electron chi connectivity index (χ0n) is 13.3. The van der Waals surface area contributed by atoms with Crippen molar-refractivity contribution in [3.05, 3.63) is 59.7 Å². The van der Waals surface area contributed by atoms with Gasteiger partial charge in [0.1, 0.15) is 12.3 Å². The van der Waals surface area contributed by atoms with Gasteiger partial charge in [-0.25, -0.2) is 18.4 Å². The number of rotatable bonds is 7. The Morgan fingerprint density at radius 2 is 2.04 bits per heavy atom. The maximum atomic E-state index is 12.8. The van der Waals surface area contributed by atoms with Gasteiger partial charge in [0.2, 0.25) is 0 Å². The van der Waals surface area contributed by atoms with Crippen molar-refractivity contribution in [3.8, 4) is 11.7 Å². The Hall–Kier alpha value is -2.94. The molecule has 25 heavy (non-hydrogen) atoms. The summed E-state index contributed by atoms with van der Waals surface area (Å²) in [5.74, 6) is 0. The van der Waals surface area contributed by atoms with Gasteiger partial charge < -0.3 is 9.47 Å². The van der Waals surface area contributed by atoms with Crippen LogP contribution in [-0.4, -0.2) is 32.1 Å². The number of methoxy groups -OCH3 is 1. The first kappa shape index (κ1) is 16.9. The second kappa shape index (κ2) is 7.75. The Balaban J connectivity index is 1.68. The Labute approximate surface area is 142 Å². The Bertz CT molecular complexity index is 841. The van der Waals surface area contributed by atoms with Crippen LogP contribution in [0, 0.1) is 0 Å². The van der Waals surface area contributed by atoms with Crippen LogP contribution in [-0.2, 0) is 18.0 Å². The molecule has 3 aromatic rings. The zero-order chi connectivity index (χ0) is 17.6. The van der Waals surface area contributed by atoms with Gasteiger partial charge in [0.25, 0.3) is 6.43 Å². The van der Waals surface area contributed by atoms with E-state index in [9.17, 15) is 8.78 Å². The standard InChI is InChI=1S/C16H15F2N5O2/c1-24-9-12-5-6-19-16(20-12)25-10-13-8-23(22-21-13)14-4-2-3-11(7-14)15(17)18/h2-8,15H,9-10H2,1H3. The fourth-order valence-electron chi connectivity index (χ4n) is 2.11. The van der Waals surface area contributed by atoms with E-state index in [4.69, 9.17) is 9.47 Å². The molecule has 0 amide bonds. The molecule has 1 aromatic carbocycles. The Morgan fingerprint density at radius 3 is 2.84 bits per heavy atom. The first-order valence-corrected chi connectivity index (χ1v) is 7.39. The highest BCUT2D eigenvalue weighted by atomic mass is 19.3. The van der Waals surface area contributed by atoms with E-state index in [0.717, 1.165) is 0 Å². The molecule has 7 nitrogen and oxygen atoms in total. The third-order valence-electron chi connectivity index (χ3n) is 3.26. The summed E-state index contributed by atoms with van der Waals surface area (Å²) in [4.78, 5) is 8.18. The molecule has 0 atom stereocenters. The van der Waals surface area contributed by atoms with Crippen molar-refractivity contribution in [3.63, 3.8) is 0 Å². The molecule has 0 saturated heterocycles. The quantitative estimate of drug-likeness (QED) is 0.654. The molecule has 0 unspecified atom stereocenters. The van der Waals surface area contributed by atoms with Crippen LogP contribution < -0.4 is 4.74 Å². The van der Waals surface area contributed by atoms with E-state index >= 15 is 0 Å². The van der Waals surface area contributed by atoms with Gasteiger partial charge in [-0.1, -0.05) is 17.3 Å². The van der Waals surface area contributed by atoms with E-state index in [2.05, 4.69) is 20.3 Å². The molecule has 2 aromatic heterocycles. The van der Waals surface area contributed by atoms with Gasteiger partial charge in [0, 0.05) is 18.9 Å². The van der Waals surface area contributed by atoms with Gasteiger partial charge in [-0.3, -0.25) is 0 Å². The van der Waals surface area contributed by atoms with Gasteiger partial charge in [0.05, 0.1) is 24.2 Å². The lowest BCUT2D eigenvalue weighted by molar-refractivity contribution is 0.151. The van der Waals surface area contributed by atoms with Crippen molar-refractivity contribution < 1.29 is 18.3 Å². The lowest BCUT2D eigenvalue weighted by Crippen LogP contribution is -2.02. The second-order valence-electron chi connectivity index (χ2n) is 5.10. The van der Waals surface area contributed by atoms with Crippen molar-refractivity contribution in [1.82, 2.24) is 25.0 Å². The third-order valence-corrected chi connectivity index (χ3v) is 3.26. The van der Waals surface area contributed by atoms with Crippen molar-refractivity contribution in [2.24, 2.45) is 0 Å². The summed E-state index contributed by atoms with van der Waals surface area (Å²) in [5.41, 5.74) is 1.63. The summed E-state index contributed by atoms with van der Waals surface area (Å²) in [6, 6.07) is 7.86. The zero-order valence-corrected chi connectivity index (χ0v) is 13.3. The highest BCUT2D eigenvalue weighted by Crippen LogP contribution is 2.21. The number of hydrogen-bond acceptors (Lipinski definition) is 6. The van der Waals surface area contributed by atoms with Gasteiger partial charge in [-0.2, -0.15) is 4.98 Å². The van der Waals surface area contributed by atoms with Crippen LogP contribution in [0.3, 0.4) is 0 Å². The molecule has 0 aliphatic carbocycles. The summed E-state index contributed by atoms with van der Waals surface area (Å²) in [5, 5.41) is 7.89. The minimum atomic E-state index is -2.54. The van der Waals surface area contributed by atoms with E-state index in [1.165, 1.54) is 16.8 Å². The lowest BCUT2D eigenvalue weighted by Gasteiger charge is -2.04. The average molecular weight is 347 g/mol. The summed E-state index contributed by atoms with van der Waals surface area (Å²) in [6.07, 6.45) is 0.635. The second-order valence-corrected chi connectivity index (χ2v) is 5.10. The Morgan fingerprint density at radius 1 is 1.16 bits per heavy atom. The summed E-state index contributed by atoms with van der Waals surface area (Å²) in [7, 11) is 1.57. The maximum absolute atomic E-state index is 12.8. The highest BCUT2D eigenvalue weighted by Gasteiger charge is 2.10. The first-order chi connectivity index (χ1) is 12.2. The lowest BCUT2D eigenvalue weighted by atomic mass is 10.2. The molecule has 0 spiro atoms. The van der Waals surface area contributed by atoms with E-state index in [-0.39, 0.29) is 18.2 Å². The molecular formula is C16H15F2N5O2. The molecule has 3 rings (SSSR count). The monoisotopic (exact) mass is 347 g/mol. The number of hydrogen-bond donors (Lipinski definition) is 0. The van der Waals surface area contributed by atoms with Crippen molar-refractivity contribution in [2.45, 2.75) is 19.6 Å². The molecule has 0 saturated carbocycles. The molecule has 0 N–H and O–H groups in total. The van der Waals surface area contributed by atoms with E-state index in [1.54, 1.807) is 37.7 Å². The van der Waals surface area contributed by atoms with E-state index in [0.29, 0.717) is 23.7 Å². The minimum absolute atomic E-state index is 0.0749. The van der Waals surface area contributed by atoms with Crippen LogP contribution >= 0.6 is 0 Å².